The first-order valence-corrected chi connectivity index (χ1v) is 12.7. The fourth-order valence-electron chi connectivity index (χ4n) is 4.86. The number of fused-ring (bicyclic) bond motifs is 2. The number of β-amino-alcohol motifs (C(OH)–C–C–N with tert-alkyl or cyclic N) is 1. The summed E-state index contributed by atoms with van der Waals surface area (Å²) in [6.45, 7) is 5.13. The van der Waals surface area contributed by atoms with Crippen molar-refractivity contribution in [1.29, 1.82) is 0 Å². The fraction of sp³-hybridized carbons (Fsp3) is 0.538. The number of aryl methyl sites for hydroxylation is 1. The standard InChI is InChI=1S/C26H36N2O5S/c1-16-8-9-24-20(12-16)28(19-6-4-5-7-23(19)34-24)14-18(30)13-27(3)11-10-21-25(31)17(2)26(32)22(15-29)33-21/h4-9,12,17-18,21-22,25-26,29-32H,10-11,13-15H2,1-3H3/t17-,18?,21-,22-,25-,26+/m1/s1. The Balaban J connectivity index is 1.38. The van der Waals surface area contributed by atoms with Crippen LogP contribution in [0.2, 0.25) is 0 Å². The van der Waals surface area contributed by atoms with E-state index in [1.54, 1.807) is 18.7 Å². The van der Waals surface area contributed by atoms with E-state index in [0.717, 1.165) is 11.4 Å². The lowest BCUT2D eigenvalue weighted by atomic mass is 9.86. The number of aliphatic hydroxyl groups excluding tert-OH is 4. The van der Waals surface area contributed by atoms with Crippen LogP contribution in [0, 0.1) is 12.8 Å². The number of benzene rings is 2. The summed E-state index contributed by atoms with van der Waals surface area (Å²) in [5, 5.41) is 41.1. The number of hydrogen-bond acceptors (Lipinski definition) is 8. The van der Waals surface area contributed by atoms with Gasteiger partial charge >= 0.3 is 0 Å². The molecule has 2 aliphatic heterocycles. The molecule has 6 atom stereocenters. The van der Waals surface area contributed by atoms with E-state index < -0.39 is 30.5 Å². The Bertz CT molecular complexity index is 974. The molecule has 186 valence electrons. The van der Waals surface area contributed by atoms with E-state index in [-0.39, 0.29) is 12.5 Å². The van der Waals surface area contributed by atoms with Crippen molar-refractivity contribution >= 4 is 23.1 Å². The fourth-order valence-corrected chi connectivity index (χ4v) is 5.93. The summed E-state index contributed by atoms with van der Waals surface area (Å²) in [6, 6.07) is 14.7. The molecule has 2 aromatic rings. The maximum atomic E-state index is 11.0. The summed E-state index contributed by atoms with van der Waals surface area (Å²) < 4.78 is 5.75. The highest BCUT2D eigenvalue weighted by atomic mass is 32.2. The summed E-state index contributed by atoms with van der Waals surface area (Å²) >= 11 is 1.76. The molecule has 0 aromatic heterocycles. The quantitative estimate of drug-likeness (QED) is 0.450. The number of para-hydroxylation sites is 1. The van der Waals surface area contributed by atoms with Gasteiger partial charge in [-0.05, 0) is 50.2 Å². The predicted molar refractivity (Wildman–Crippen MR) is 134 cm³/mol. The van der Waals surface area contributed by atoms with Crippen molar-refractivity contribution in [3.8, 4) is 0 Å². The van der Waals surface area contributed by atoms with Crippen LogP contribution >= 0.6 is 11.8 Å². The summed E-state index contributed by atoms with van der Waals surface area (Å²) in [7, 11) is 1.94. The van der Waals surface area contributed by atoms with Crippen LogP contribution in [0.3, 0.4) is 0 Å². The van der Waals surface area contributed by atoms with E-state index in [0.29, 0.717) is 26.1 Å². The van der Waals surface area contributed by atoms with Crippen LogP contribution in [0.4, 0.5) is 11.4 Å². The predicted octanol–water partition coefficient (Wildman–Crippen LogP) is 2.40. The van der Waals surface area contributed by atoms with E-state index in [1.165, 1.54) is 15.4 Å². The average molecular weight is 489 g/mol. The van der Waals surface area contributed by atoms with Crippen LogP contribution in [0.5, 0.6) is 0 Å². The van der Waals surface area contributed by atoms with Crippen LogP contribution in [0.15, 0.2) is 52.3 Å². The zero-order chi connectivity index (χ0) is 24.4. The average Bonchev–Trinajstić information content (AvgIpc) is 2.82. The second kappa shape index (κ2) is 11.0. The third-order valence-electron chi connectivity index (χ3n) is 6.86. The first kappa shape index (κ1) is 25.4. The molecule has 7 nitrogen and oxygen atoms in total. The normalized spacial score (nSPS) is 27.4. The van der Waals surface area contributed by atoms with Crippen molar-refractivity contribution in [2.24, 2.45) is 5.92 Å². The molecule has 2 aliphatic rings. The summed E-state index contributed by atoms with van der Waals surface area (Å²) in [5.41, 5.74) is 3.40. The monoisotopic (exact) mass is 488 g/mol. The molecule has 2 aromatic carbocycles. The molecule has 1 fully saturated rings. The first-order valence-electron chi connectivity index (χ1n) is 11.9. The number of aliphatic hydroxyl groups is 4. The van der Waals surface area contributed by atoms with Crippen molar-refractivity contribution in [3.05, 3.63) is 48.0 Å². The van der Waals surface area contributed by atoms with Crippen LogP contribution < -0.4 is 4.90 Å². The van der Waals surface area contributed by atoms with E-state index >= 15 is 0 Å². The summed E-state index contributed by atoms with van der Waals surface area (Å²) in [6.07, 6.45) is -2.86. The lowest BCUT2D eigenvalue weighted by Crippen LogP contribution is -2.54. The molecule has 1 unspecified atom stereocenters. The number of nitrogens with zero attached hydrogens (tertiary/aromatic N) is 2. The molecule has 4 N–H and O–H groups in total. The minimum Gasteiger partial charge on any atom is -0.394 e. The highest BCUT2D eigenvalue weighted by Crippen LogP contribution is 2.48. The molecule has 34 heavy (non-hydrogen) atoms. The van der Waals surface area contributed by atoms with Gasteiger partial charge in [-0.3, -0.25) is 0 Å². The second-order valence-corrected chi connectivity index (χ2v) is 10.7. The molecule has 2 heterocycles. The molecule has 1 saturated heterocycles. The molecule has 8 heteroatoms. The molecular formula is C26H36N2O5S. The van der Waals surface area contributed by atoms with Crippen LogP contribution in [0.1, 0.15) is 18.9 Å². The Kier molecular flexibility index (Phi) is 8.20. The third-order valence-corrected chi connectivity index (χ3v) is 7.99. The van der Waals surface area contributed by atoms with Gasteiger partial charge in [0.15, 0.2) is 0 Å². The van der Waals surface area contributed by atoms with Gasteiger partial charge in [-0.15, -0.1) is 0 Å². The van der Waals surface area contributed by atoms with Gasteiger partial charge in [0.1, 0.15) is 6.10 Å². The van der Waals surface area contributed by atoms with Gasteiger partial charge in [0.05, 0.1) is 48.9 Å². The number of hydrogen-bond donors (Lipinski definition) is 4. The van der Waals surface area contributed by atoms with Crippen molar-refractivity contribution < 1.29 is 25.2 Å². The van der Waals surface area contributed by atoms with Crippen molar-refractivity contribution in [2.75, 3.05) is 38.2 Å². The van der Waals surface area contributed by atoms with Gasteiger partial charge in [0.25, 0.3) is 0 Å². The smallest absolute Gasteiger partial charge is 0.107 e. The lowest BCUT2D eigenvalue weighted by Gasteiger charge is -2.41. The molecular weight excluding hydrogens is 452 g/mol. The van der Waals surface area contributed by atoms with Gasteiger partial charge < -0.3 is 35.0 Å². The molecule has 0 aliphatic carbocycles. The van der Waals surface area contributed by atoms with E-state index in [1.807, 2.05) is 24.1 Å². The highest BCUT2D eigenvalue weighted by molar-refractivity contribution is 7.99. The maximum absolute atomic E-state index is 11.0. The number of ether oxygens (including phenoxy) is 1. The highest BCUT2D eigenvalue weighted by Gasteiger charge is 2.41. The Morgan fingerprint density at radius 2 is 1.76 bits per heavy atom. The zero-order valence-corrected chi connectivity index (χ0v) is 20.9. The molecule has 4 rings (SSSR count). The van der Waals surface area contributed by atoms with Crippen molar-refractivity contribution in [1.82, 2.24) is 4.90 Å². The van der Waals surface area contributed by atoms with Gasteiger partial charge in [-0.2, -0.15) is 0 Å². The topological polar surface area (TPSA) is 96.6 Å². The Morgan fingerprint density at radius 3 is 2.53 bits per heavy atom. The SMILES string of the molecule is Cc1ccc2c(c1)N(CC(O)CN(C)CC[C@H]1O[C@H](CO)[C@@H](O)[C@H](C)[C@H]1O)c1ccccc1S2. The van der Waals surface area contributed by atoms with Crippen LogP contribution in [-0.4, -0.2) is 89.1 Å². The van der Waals surface area contributed by atoms with Gasteiger partial charge in [-0.25, -0.2) is 0 Å². The molecule has 0 saturated carbocycles. The zero-order valence-electron chi connectivity index (χ0n) is 20.0. The van der Waals surface area contributed by atoms with E-state index in [2.05, 4.69) is 42.2 Å². The second-order valence-electron chi connectivity index (χ2n) is 9.59. The molecule has 0 amide bonds. The lowest BCUT2D eigenvalue weighted by molar-refractivity contribution is -0.207. The Hall–Kier alpha value is -1.65. The van der Waals surface area contributed by atoms with Crippen LogP contribution in [-0.2, 0) is 4.74 Å². The summed E-state index contributed by atoms with van der Waals surface area (Å²) in [4.78, 5) is 6.60. The Labute approximate surface area is 206 Å². The van der Waals surface area contributed by atoms with E-state index in [9.17, 15) is 20.4 Å². The number of anilines is 2. The minimum atomic E-state index is -0.882. The largest absolute Gasteiger partial charge is 0.394 e. The van der Waals surface area contributed by atoms with Crippen molar-refractivity contribution in [2.45, 2.75) is 60.6 Å². The maximum Gasteiger partial charge on any atom is 0.107 e. The van der Waals surface area contributed by atoms with Gasteiger partial charge in [0, 0.05) is 28.8 Å². The van der Waals surface area contributed by atoms with Gasteiger partial charge in [-0.1, -0.05) is 36.9 Å². The molecule has 0 bridgehead atoms. The third kappa shape index (κ3) is 5.44. The van der Waals surface area contributed by atoms with E-state index in [4.69, 9.17) is 4.74 Å². The van der Waals surface area contributed by atoms with Gasteiger partial charge in [0.2, 0.25) is 0 Å². The summed E-state index contributed by atoms with van der Waals surface area (Å²) in [5.74, 6) is -0.368. The molecule has 0 spiro atoms. The molecule has 0 radical (unpaired) electrons. The first-order chi connectivity index (χ1) is 16.3. The van der Waals surface area contributed by atoms with Crippen molar-refractivity contribution in [3.63, 3.8) is 0 Å². The minimum absolute atomic E-state index is 0.278. The van der Waals surface area contributed by atoms with Crippen LogP contribution in [0.25, 0.3) is 0 Å². The Morgan fingerprint density at radius 1 is 1.06 bits per heavy atom. The number of rotatable bonds is 8. The number of likely N-dealkylation sites (N-methyl/N-ethyl adjacent to an activating group) is 1.